The number of nitrogens with two attached hydrogens (primary N) is 1. The molecule has 0 bridgehead atoms. The van der Waals surface area contributed by atoms with E-state index in [0.717, 1.165) is 0 Å². The van der Waals surface area contributed by atoms with Gasteiger partial charge in [0.1, 0.15) is 11.6 Å². The molecule has 0 aliphatic carbocycles. The van der Waals surface area contributed by atoms with Crippen molar-refractivity contribution in [3.05, 3.63) is 23.8 Å². The predicted molar refractivity (Wildman–Crippen MR) is 80.2 cm³/mol. The Balaban J connectivity index is 3.07. The van der Waals surface area contributed by atoms with E-state index in [2.05, 4.69) is 14.7 Å². The summed E-state index contributed by atoms with van der Waals surface area (Å²) in [6, 6.07) is 0.670. The highest BCUT2D eigenvalue weighted by Gasteiger charge is 2.38. The molecule has 7 heteroatoms. The van der Waals surface area contributed by atoms with Crippen molar-refractivity contribution in [1.29, 1.82) is 0 Å². The summed E-state index contributed by atoms with van der Waals surface area (Å²) >= 11 is 0. The summed E-state index contributed by atoms with van der Waals surface area (Å²) in [7, 11) is 1.25. The Bertz CT molecular complexity index is 564. The molecule has 0 unspecified atom stereocenters. The van der Waals surface area contributed by atoms with Gasteiger partial charge in [-0.05, 0) is 26.8 Å². The van der Waals surface area contributed by atoms with Crippen molar-refractivity contribution < 1.29 is 19.1 Å². The molecule has 7 nitrogen and oxygen atoms in total. The molecule has 2 N–H and O–H groups in total. The van der Waals surface area contributed by atoms with Gasteiger partial charge in [0.15, 0.2) is 0 Å². The molecule has 122 valence electrons. The zero-order chi connectivity index (χ0) is 17.1. The third-order valence-electron chi connectivity index (χ3n) is 3.12. The maximum atomic E-state index is 12.2. The van der Waals surface area contributed by atoms with Crippen LogP contribution in [0.15, 0.2) is 12.3 Å². The average molecular weight is 309 g/mol. The first-order valence-corrected chi connectivity index (χ1v) is 6.89. The van der Waals surface area contributed by atoms with E-state index in [4.69, 9.17) is 10.5 Å². The van der Waals surface area contributed by atoms with Crippen molar-refractivity contribution in [2.45, 2.75) is 51.7 Å². The van der Waals surface area contributed by atoms with Gasteiger partial charge in [0.05, 0.1) is 12.8 Å². The molecule has 1 heterocycles. The smallest absolute Gasteiger partial charge is 0.376 e. The normalized spacial score (nSPS) is 13.4. The van der Waals surface area contributed by atoms with E-state index in [1.165, 1.54) is 13.3 Å². The predicted octanol–water partition coefficient (Wildman–Crippen LogP) is 1.21. The minimum absolute atomic E-state index is 0.0792. The van der Waals surface area contributed by atoms with Crippen LogP contribution in [0.5, 0.6) is 0 Å². The first-order valence-electron chi connectivity index (χ1n) is 6.89. The first-order chi connectivity index (χ1) is 9.99. The maximum Gasteiger partial charge on any atom is 0.376 e. The lowest BCUT2D eigenvalue weighted by Crippen LogP contribution is -2.50. The molecule has 1 rings (SSSR count). The second-order valence-electron chi connectivity index (χ2n) is 6.49. The van der Waals surface area contributed by atoms with E-state index in [0.29, 0.717) is 5.69 Å². The fourth-order valence-electron chi connectivity index (χ4n) is 1.73. The molecular weight excluding hydrogens is 286 g/mol. The van der Waals surface area contributed by atoms with Crippen LogP contribution in [0.4, 0.5) is 0 Å². The summed E-state index contributed by atoms with van der Waals surface area (Å²) in [6.07, 6.45) is 1.43. The Morgan fingerprint density at radius 1 is 1.23 bits per heavy atom. The Labute approximate surface area is 130 Å². The second-order valence-corrected chi connectivity index (χ2v) is 6.49. The highest BCUT2D eigenvalue weighted by atomic mass is 16.6. The number of rotatable bonds is 4. The molecule has 0 aliphatic rings. The van der Waals surface area contributed by atoms with Gasteiger partial charge in [-0.15, -0.1) is 0 Å². The summed E-state index contributed by atoms with van der Waals surface area (Å²) in [4.78, 5) is 31.7. The van der Waals surface area contributed by atoms with Crippen LogP contribution in [0.2, 0.25) is 0 Å². The average Bonchev–Trinajstić information content (AvgIpc) is 2.43. The van der Waals surface area contributed by atoms with E-state index in [9.17, 15) is 9.59 Å². The van der Waals surface area contributed by atoms with Crippen LogP contribution in [0.25, 0.3) is 0 Å². The molecular formula is C15H23N3O4. The molecule has 22 heavy (non-hydrogen) atoms. The van der Waals surface area contributed by atoms with E-state index in [1.807, 2.05) is 0 Å². The van der Waals surface area contributed by atoms with Crippen LogP contribution >= 0.6 is 0 Å². The van der Waals surface area contributed by atoms with E-state index >= 15 is 0 Å². The molecule has 0 fully saturated rings. The number of carbonyl (C=O) groups excluding carboxylic acids is 2. The van der Waals surface area contributed by atoms with E-state index in [-0.39, 0.29) is 5.82 Å². The van der Waals surface area contributed by atoms with Crippen molar-refractivity contribution in [2.24, 2.45) is 5.73 Å². The number of esters is 2. The number of hydrogen-bond acceptors (Lipinski definition) is 7. The molecule has 0 saturated heterocycles. The number of aromatic nitrogens is 2. The van der Waals surface area contributed by atoms with Crippen LogP contribution in [0, 0.1) is 0 Å². The van der Waals surface area contributed by atoms with Gasteiger partial charge in [-0.25, -0.2) is 14.8 Å². The lowest BCUT2D eigenvalue weighted by Gasteiger charge is -2.31. The molecule has 1 aromatic heterocycles. The third-order valence-corrected chi connectivity index (χ3v) is 3.12. The monoisotopic (exact) mass is 309 g/mol. The lowest BCUT2D eigenvalue weighted by molar-refractivity contribution is -0.158. The van der Waals surface area contributed by atoms with Gasteiger partial charge in [-0.1, -0.05) is 13.8 Å². The van der Waals surface area contributed by atoms with Gasteiger partial charge in [-0.2, -0.15) is 0 Å². The van der Waals surface area contributed by atoms with Crippen molar-refractivity contribution in [2.75, 3.05) is 7.11 Å². The highest BCUT2D eigenvalue weighted by molar-refractivity contribution is 5.85. The standard InChI is InChI=1S/C15H23N3O4/c1-14(2,3)22-12(19)10(16)15(4,5)9-7-8-17-11(18-9)13(20)21-6/h7-8,10H,16H2,1-6H3/t10-/m1/s1. The Morgan fingerprint density at radius 3 is 2.32 bits per heavy atom. The molecule has 0 aromatic carbocycles. The number of carbonyl (C=O) groups is 2. The van der Waals surface area contributed by atoms with Gasteiger partial charge in [-0.3, -0.25) is 4.79 Å². The topological polar surface area (TPSA) is 104 Å². The van der Waals surface area contributed by atoms with E-state index < -0.39 is 29.0 Å². The summed E-state index contributed by atoms with van der Waals surface area (Å²) in [5, 5.41) is 0. The van der Waals surface area contributed by atoms with Gasteiger partial charge in [0.25, 0.3) is 0 Å². The Kier molecular flexibility index (Phi) is 5.24. The molecule has 0 aliphatic heterocycles. The van der Waals surface area contributed by atoms with Gasteiger partial charge in [0.2, 0.25) is 5.82 Å². The summed E-state index contributed by atoms with van der Waals surface area (Å²) in [5.41, 5.74) is 5.03. The van der Waals surface area contributed by atoms with Crippen LogP contribution in [0.3, 0.4) is 0 Å². The number of ether oxygens (including phenoxy) is 2. The highest BCUT2D eigenvalue weighted by Crippen LogP contribution is 2.26. The van der Waals surface area contributed by atoms with Crippen molar-refractivity contribution in [3.8, 4) is 0 Å². The quantitative estimate of drug-likeness (QED) is 0.833. The van der Waals surface area contributed by atoms with Gasteiger partial charge in [0, 0.05) is 11.6 Å². The molecule has 0 amide bonds. The number of hydrogen-bond donors (Lipinski definition) is 1. The van der Waals surface area contributed by atoms with Crippen LogP contribution in [-0.2, 0) is 19.7 Å². The third kappa shape index (κ3) is 4.24. The minimum Gasteiger partial charge on any atom is -0.463 e. The fraction of sp³-hybridized carbons (Fsp3) is 0.600. The number of methoxy groups -OCH3 is 1. The SMILES string of the molecule is COC(=O)c1nccc(C(C)(C)[C@H](N)C(=O)OC(C)(C)C)n1. The van der Waals surface area contributed by atoms with Gasteiger partial charge < -0.3 is 15.2 Å². The van der Waals surface area contributed by atoms with E-state index in [1.54, 1.807) is 40.7 Å². The van der Waals surface area contributed by atoms with Gasteiger partial charge >= 0.3 is 11.9 Å². The largest absolute Gasteiger partial charge is 0.463 e. The van der Waals surface area contributed by atoms with Crippen molar-refractivity contribution in [1.82, 2.24) is 9.97 Å². The van der Waals surface area contributed by atoms with Crippen molar-refractivity contribution >= 4 is 11.9 Å². The second kappa shape index (κ2) is 6.39. The summed E-state index contributed by atoms with van der Waals surface area (Å²) in [6.45, 7) is 8.82. The molecule has 0 radical (unpaired) electrons. The lowest BCUT2D eigenvalue weighted by atomic mass is 9.81. The Hall–Kier alpha value is -2.02. The molecule has 1 aromatic rings. The number of nitrogens with zero attached hydrogens (tertiary/aromatic N) is 2. The summed E-state index contributed by atoms with van der Waals surface area (Å²) < 4.78 is 9.90. The molecule has 1 atom stereocenters. The maximum absolute atomic E-state index is 12.2. The zero-order valence-electron chi connectivity index (χ0n) is 13.8. The summed E-state index contributed by atoms with van der Waals surface area (Å²) in [5.74, 6) is -1.26. The fourth-order valence-corrected chi connectivity index (χ4v) is 1.73. The van der Waals surface area contributed by atoms with Crippen LogP contribution in [-0.4, -0.2) is 40.7 Å². The minimum atomic E-state index is -0.938. The van der Waals surface area contributed by atoms with Crippen molar-refractivity contribution in [3.63, 3.8) is 0 Å². The first kappa shape index (κ1) is 18.0. The van der Waals surface area contributed by atoms with Crippen LogP contribution in [0.1, 0.15) is 50.9 Å². The zero-order valence-corrected chi connectivity index (χ0v) is 13.8. The Morgan fingerprint density at radius 2 is 1.82 bits per heavy atom. The molecule has 0 spiro atoms. The van der Waals surface area contributed by atoms with Crippen LogP contribution < -0.4 is 5.73 Å². The molecule has 0 saturated carbocycles.